The Balaban J connectivity index is 2.01. The standard InChI is InChI=1S/C14H7ClF2N2O2/c15-10-5-7(1-4-11(10)16)13-18-14(21-19-13)9-3-2-8(20)6-12(9)17/h1-6,20H. The second-order valence-electron chi connectivity index (χ2n) is 4.22. The number of phenolic OH excluding ortho intramolecular Hbond substituents is 1. The third-order valence-corrected chi connectivity index (χ3v) is 3.08. The van der Waals surface area contributed by atoms with E-state index in [1.165, 1.54) is 30.3 Å². The fourth-order valence-corrected chi connectivity index (χ4v) is 1.94. The second kappa shape index (κ2) is 5.14. The van der Waals surface area contributed by atoms with E-state index in [1.807, 2.05) is 0 Å². The van der Waals surface area contributed by atoms with Crippen LogP contribution in [0.1, 0.15) is 0 Å². The van der Waals surface area contributed by atoms with Crippen LogP contribution >= 0.6 is 11.6 Å². The number of hydrogen-bond donors (Lipinski definition) is 1. The molecule has 3 aromatic rings. The second-order valence-corrected chi connectivity index (χ2v) is 4.62. The average Bonchev–Trinajstić information content (AvgIpc) is 2.91. The molecule has 106 valence electrons. The van der Waals surface area contributed by atoms with Crippen molar-refractivity contribution in [1.29, 1.82) is 0 Å². The molecule has 0 aliphatic carbocycles. The molecule has 1 N–H and O–H groups in total. The van der Waals surface area contributed by atoms with E-state index in [1.54, 1.807) is 0 Å². The lowest BCUT2D eigenvalue weighted by molar-refractivity contribution is 0.428. The van der Waals surface area contributed by atoms with Gasteiger partial charge < -0.3 is 9.63 Å². The summed E-state index contributed by atoms with van der Waals surface area (Å²) in [6.07, 6.45) is 0. The molecule has 0 fully saturated rings. The highest BCUT2D eigenvalue weighted by molar-refractivity contribution is 6.31. The molecule has 0 unspecified atom stereocenters. The Bertz CT molecular complexity index is 820. The van der Waals surface area contributed by atoms with Gasteiger partial charge in [-0.1, -0.05) is 16.8 Å². The summed E-state index contributed by atoms with van der Waals surface area (Å²) >= 11 is 5.68. The Kier molecular flexibility index (Phi) is 3.31. The summed E-state index contributed by atoms with van der Waals surface area (Å²) in [7, 11) is 0. The van der Waals surface area contributed by atoms with Crippen LogP contribution in [-0.2, 0) is 0 Å². The maximum Gasteiger partial charge on any atom is 0.261 e. The van der Waals surface area contributed by atoms with Gasteiger partial charge in [0, 0.05) is 11.6 Å². The molecule has 0 aliphatic heterocycles. The highest BCUT2D eigenvalue weighted by Gasteiger charge is 2.15. The minimum absolute atomic E-state index is 0.0528. The van der Waals surface area contributed by atoms with Gasteiger partial charge in [0.15, 0.2) is 0 Å². The van der Waals surface area contributed by atoms with Gasteiger partial charge in [0.2, 0.25) is 5.82 Å². The van der Waals surface area contributed by atoms with E-state index in [4.69, 9.17) is 21.2 Å². The summed E-state index contributed by atoms with van der Waals surface area (Å²) in [6, 6.07) is 7.52. The van der Waals surface area contributed by atoms with Gasteiger partial charge in [-0.3, -0.25) is 0 Å². The van der Waals surface area contributed by atoms with Crippen molar-refractivity contribution in [1.82, 2.24) is 10.1 Å². The Morgan fingerprint density at radius 1 is 1.05 bits per heavy atom. The molecule has 2 aromatic carbocycles. The minimum atomic E-state index is -0.692. The number of aromatic hydroxyl groups is 1. The number of nitrogens with zero attached hydrogens (tertiary/aromatic N) is 2. The first-order chi connectivity index (χ1) is 10.0. The molecule has 0 radical (unpaired) electrons. The molecule has 0 spiro atoms. The lowest BCUT2D eigenvalue weighted by Gasteiger charge is -1.98. The van der Waals surface area contributed by atoms with Crippen molar-refractivity contribution in [3.05, 3.63) is 53.1 Å². The largest absolute Gasteiger partial charge is 0.508 e. The van der Waals surface area contributed by atoms with Crippen LogP contribution in [0.5, 0.6) is 5.75 Å². The molecule has 0 saturated carbocycles. The highest BCUT2D eigenvalue weighted by Crippen LogP contribution is 2.28. The summed E-state index contributed by atoms with van der Waals surface area (Å²) in [6.45, 7) is 0. The van der Waals surface area contributed by atoms with Crippen molar-refractivity contribution in [3.8, 4) is 28.6 Å². The lowest BCUT2D eigenvalue weighted by Crippen LogP contribution is -1.85. The molecular weight excluding hydrogens is 302 g/mol. The van der Waals surface area contributed by atoms with Gasteiger partial charge in [-0.2, -0.15) is 4.98 Å². The van der Waals surface area contributed by atoms with E-state index in [9.17, 15) is 8.78 Å². The maximum absolute atomic E-state index is 13.7. The van der Waals surface area contributed by atoms with Crippen LogP contribution in [0, 0.1) is 11.6 Å². The first-order valence-corrected chi connectivity index (χ1v) is 6.20. The van der Waals surface area contributed by atoms with Gasteiger partial charge in [0.25, 0.3) is 5.89 Å². The predicted octanol–water partition coefficient (Wildman–Crippen LogP) is 4.04. The Morgan fingerprint density at radius 2 is 1.86 bits per heavy atom. The van der Waals surface area contributed by atoms with Crippen LogP contribution in [0.3, 0.4) is 0 Å². The Hall–Kier alpha value is -2.47. The first kappa shape index (κ1) is 13.5. The summed E-state index contributed by atoms with van der Waals surface area (Å²) < 4.78 is 31.8. The zero-order chi connectivity index (χ0) is 15.0. The van der Waals surface area contributed by atoms with Crippen LogP contribution in [0.25, 0.3) is 22.8 Å². The summed E-state index contributed by atoms with van der Waals surface area (Å²) in [4.78, 5) is 4.03. The Labute approximate surface area is 122 Å². The van der Waals surface area contributed by atoms with Crippen molar-refractivity contribution >= 4 is 11.6 Å². The minimum Gasteiger partial charge on any atom is -0.508 e. The monoisotopic (exact) mass is 308 g/mol. The van der Waals surface area contributed by atoms with Crippen LogP contribution in [0.2, 0.25) is 5.02 Å². The number of rotatable bonds is 2. The lowest BCUT2D eigenvalue weighted by atomic mass is 10.2. The molecule has 0 amide bonds. The highest BCUT2D eigenvalue weighted by atomic mass is 35.5. The summed E-state index contributed by atoms with van der Waals surface area (Å²) in [5, 5.41) is 12.8. The van der Waals surface area contributed by atoms with Crippen molar-refractivity contribution in [2.45, 2.75) is 0 Å². The average molecular weight is 309 g/mol. The molecule has 21 heavy (non-hydrogen) atoms. The number of phenols is 1. The number of hydrogen-bond acceptors (Lipinski definition) is 4. The van der Waals surface area contributed by atoms with E-state index >= 15 is 0 Å². The molecule has 0 atom stereocenters. The van der Waals surface area contributed by atoms with Crippen molar-refractivity contribution < 1.29 is 18.4 Å². The van der Waals surface area contributed by atoms with Gasteiger partial charge in [-0.05, 0) is 30.3 Å². The van der Waals surface area contributed by atoms with Gasteiger partial charge >= 0.3 is 0 Å². The van der Waals surface area contributed by atoms with E-state index in [0.29, 0.717) is 5.56 Å². The summed E-state index contributed by atoms with van der Waals surface area (Å²) in [5.41, 5.74) is 0.496. The van der Waals surface area contributed by atoms with E-state index in [0.717, 1.165) is 6.07 Å². The van der Waals surface area contributed by atoms with Crippen LogP contribution in [-0.4, -0.2) is 15.2 Å². The SMILES string of the molecule is Oc1ccc(-c2nc(-c3ccc(F)c(Cl)c3)no2)c(F)c1. The van der Waals surface area contributed by atoms with Gasteiger partial charge in [-0.25, -0.2) is 8.78 Å². The van der Waals surface area contributed by atoms with E-state index in [-0.39, 0.29) is 28.1 Å². The van der Waals surface area contributed by atoms with Crippen molar-refractivity contribution in [2.24, 2.45) is 0 Å². The number of halogens is 3. The number of aromatic nitrogens is 2. The topological polar surface area (TPSA) is 59.2 Å². The quantitative estimate of drug-likeness (QED) is 0.776. The normalized spacial score (nSPS) is 10.8. The molecule has 1 aromatic heterocycles. The third-order valence-electron chi connectivity index (χ3n) is 2.79. The third kappa shape index (κ3) is 2.57. The molecule has 0 aliphatic rings. The smallest absolute Gasteiger partial charge is 0.261 e. The fourth-order valence-electron chi connectivity index (χ4n) is 1.76. The van der Waals surface area contributed by atoms with E-state index in [2.05, 4.69) is 10.1 Å². The molecule has 1 heterocycles. The maximum atomic E-state index is 13.7. The first-order valence-electron chi connectivity index (χ1n) is 5.82. The van der Waals surface area contributed by atoms with Crippen molar-refractivity contribution in [2.75, 3.05) is 0 Å². The zero-order valence-electron chi connectivity index (χ0n) is 10.3. The summed E-state index contributed by atoms with van der Waals surface area (Å²) in [5.74, 6) is -1.36. The van der Waals surface area contributed by atoms with Crippen molar-refractivity contribution in [3.63, 3.8) is 0 Å². The molecule has 4 nitrogen and oxygen atoms in total. The van der Waals surface area contributed by atoms with E-state index < -0.39 is 11.6 Å². The molecule has 0 saturated heterocycles. The number of benzene rings is 2. The van der Waals surface area contributed by atoms with Gasteiger partial charge in [0.05, 0.1) is 10.6 Å². The predicted molar refractivity (Wildman–Crippen MR) is 71.8 cm³/mol. The Morgan fingerprint density at radius 3 is 2.57 bits per heavy atom. The molecule has 3 rings (SSSR count). The van der Waals surface area contributed by atoms with Crippen LogP contribution in [0.4, 0.5) is 8.78 Å². The van der Waals surface area contributed by atoms with Gasteiger partial charge in [0.1, 0.15) is 17.4 Å². The fraction of sp³-hybridized carbons (Fsp3) is 0. The zero-order valence-corrected chi connectivity index (χ0v) is 11.1. The van der Waals surface area contributed by atoms with Crippen LogP contribution < -0.4 is 0 Å². The molecule has 0 bridgehead atoms. The molecule has 7 heteroatoms. The molecular formula is C14H7ClF2N2O2. The van der Waals surface area contributed by atoms with Crippen LogP contribution in [0.15, 0.2) is 40.9 Å². The van der Waals surface area contributed by atoms with Gasteiger partial charge in [-0.15, -0.1) is 0 Å².